The van der Waals surface area contributed by atoms with Crippen LogP contribution in [0.2, 0.25) is 0 Å². The van der Waals surface area contributed by atoms with Gasteiger partial charge in [0.15, 0.2) is 0 Å². The number of benzene rings is 1. The molecule has 4 atom stereocenters. The molecule has 2 saturated carbocycles. The van der Waals surface area contributed by atoms with Gasteiger partial charge in [0.1, 0.15) is 0 Å². The highest BCUT2D eigenvalue weighted by Gasteiger charge is 2.52. The fraction of sp³-hybridized carbons (Fsp3) is 0.727. The second-order valence-corrected chi connectivity index (χ2v) is 10.0. The van der Waals surface area contributed by atoms with Crippen LogP contribution in [0.1, 0.15) is 89.2 Å². The number of hydrogen-bond acceptors (Lipinski definition) is 2. The van der Waals surface area contributed by atoms with Crippen LogP contribution in [0.4, 0.5) is 0 Å². The fourth-order valence-electron chi connectivity index (χ4n) is 5.94. The molecule has 1 aromatic carbocycles. The van der Waals surface area contributed by atoms with Crippen LogP contribution in [-0.4, -0.2) is 18.3 Å². The van der Waals surface area contributed by atoms with Crippen molar-refractivity contribution in [1.29, 1.82) is 0 Å². The predicted octanol–water partition coefficient (Wildman–Crippen LogP) is 4.77. The molecule has 5 rings (SSSR count). The van der Waals surface area contributed by atoms with E-state index in [4.69, 9.17) is 9.31 Å². The molecule has 3 fully saturated rings. The highest BCUT2D eigenvalue weighted by molar-refractivity contribution is 6.62. The van der Waals surface area contributed by atoms with E-state index in [-0.39, 0.29) is 18.3 Å². The van der Waals surface area contributed by atoms with E-state index >= 15 is 0 Å². The summed E-state index contributed by atoms with van der Waals surface area (Å²) in [5, 5.41) is 0. The minimum atomic E-state index is -0.265. The lowest BCUT2D eigenvalue weighted by molar-refractivity contribution is 0.00578. The zero-order valence-electron chi connectivity index (χ0n) is 16.2. The van der Waals surface area contributed by atoms with Crippen molar-refractivity contribution in [3.8, 4) is 0 Å². The Bertz CT molecular complexity index is 679. The van der Waals surface area contributed by atoms with Gasteiger partial charge in [-0.2, -0.15) is 0 Å². The van der Waals surface area contributed by atoms with Crippen LogP contribution >= 0.6 is 0 Å². The van der Waals surface area contributed by atoms with E-state index in [0.717, 1.165) is 23.7 Å². The van der Waals surface area contributed by atoms with Crippen LogP contribution in [-0.2, 0) is 9.31 Å². The highest BCUT2D eigenvalue weighted by Crippen LogP contribution is 2.55. The van der Waals surface area contributed by atoms with Crippen LogP contribution in [0.25, 0.3) is 0 Å². The first kappa shape index (κ1) is 16.4. The maximum Gasteiger partial charge on any atom is 0.494 e. The predicted molar refractivity (Wildman–Crippen MR) is 102 cm³/mol. The summed E-state index contributed by atoms with van der Waals surface area (Å²) in [7, 11) is -0.228. The standard InChI is InChI=1S/C22H31BO2/c1-21(2)22(3,4)25-23(24-21)18-8-9-19-17-10-14-6-5-7-15(20(19)13-18)11-16(14)12-17/h8-9,13-17H,5-7,10-12H2,1-4H3. The van der Waals surface area contributed by atoms with E-state index in [1.54, 1.807) is 11.1 Å². The molecule has 4 unspecified atom stereocenters. The third kappa shape index (κ3) is 2.45. The Morgan fingerprint density at radius 1 is 0.840 bits per heavy atom. The van der Waals surface area contributed by atoms with Gasteiger partial charge in [0.05, 0.1) is 11.2 Å². The van der Waals surface area contributed by atoms with Crippen LogP contribution in [0.15, 0.2) is 18.2 Å². The van der Waals surface area contributed by atoms with Gasteiger partial charge in [-0.15, -0.1) is 0 Å². The van der Waals surface area contributed by atoms with Crippen LogP contribution in [0, 0.1) is 11.8 Å². The quantitative estimate of drug-likeness (QED) is 0.687. The molecule has 1 saturated heterocycles. The minimum Gasteiger partial charge on any atom is -0.399 e. The van der Waals surface area contributed by atoms with Crippen molar-refractivity contribution in [3.05, 3.63) is 29.3 Å². The van der Waals surface area contributed by atoms with Crippen molar-refractivity contribution >= 4 is 12.6 Å². The molecule has 4 aliphatic rings. The number of fused-ring (bicyclic) bond motifs is 5. The Balaban J connectivity index is 1.52. The summed E-state index contributed by atoms with van der Waals surface area (Å²) in [6.07, 6.45) is 8.54. The second-order valence-electron chi connectivity index (χ2n) is 10.0. The number of hydrogen-bond donors (Lipinski definition) is 0. The molecular formula is C22H31BO2. The van der Waals surface area contributed by atoms with Gasteiger partial charge in [0, 0.05) is 0 Å². The lowest BCUT2D eigenvalue weighted by Gasteiger charge is -2.32. The fourth-order valence-corrected chi connectivity index (χ4v) is 5.94. The summed E-state index contributed by atoms with van der Waals surface area (Å²) >= 11 is 0. The zero-order chi connectivity index (χ0) is 17.4. The van der Waals surface area contributed by atoms with Crippen molar-refractivity contribution in [2.45, 2.75) is 89.3 Å². The van der Waals surface area contributed by atoms with E-state index in [0.29, 0.717) is 0 Å². The molecule has 0 radical (unpaired) electrons. The maximum absolute atomic E-state index is 6.32. The molecule has 0 spiro atoms. The topological polar surface area (TPSA) is 18.5 Å². The van der Waals surface area contributed by atoms with Crippen molar-refractivity contribution in [2.75, 3.05) is 0 Å². The lowest BCUT2D eigenvalue weighted by atomic mass is 9.74. The third-order valence-corrected chi connectivity index (χ3v) is 8.07. The summed E-state index contributed by atoms with van der Waals surface area (Å²) in [6.45, 7) is 8.56. The Morgan fingerprint density at radius 3 is 2.28 bits per heavy atom. The van der Waals surface area contributed by atoms with Gasteiger partial charge in [-0.3, -0.25) is 0 Å². The summed E-state index contributed by atoms with van der Waals surface area (Å²) in [6, 6.07) is 7.15. The molecule has 3 aliphatic carbocycles. The Morgan fingerprint density at radius 2 is 1.52 bits per heavy atom. The molecule has 25 heavy (non-hydrogen) atoms. The Labute approximate surface area is 152 Å². The summed E-state index contributed by atoms with van der Waals surface area (Å²) < 4.78 is 12.6. The van der Waals surface area contributed by atoms with Gasteiger partial charge < -0.3 is 9.31 Å². The van der Waals surface area contributed by atoms with Crippen molar-refractivity contribution in [2.24, 2.45) is 11.8 Å². The monoisotopic (exact) mass is 338 g/mol. The molecule has 134 valence electrons. The highest BCUT2D eigenvalue weighted by atomic mass is 16.7. The average molecular weight is 338 g/mol. The maximum atomic E-state index is 6.32. The summed E-state index contributed by atoms with van der Waals surface area (Å²) in [5.41, 5.74) is 3.96. The van der Waals surface area contributed by atoms with Gasteiger partial charge in [0.2, 0.25) is 0 Å². The molecule has 1 heterocycles. The Hall–Kier alpha value is -0.795. The molecule has 0 amide bonds. The van der Waals surface area contributed by atoms with E-state index in [1.165, 1.54) is 44.0 Å². The molecule has 1 aromatic rings. The minimum absolute atomic E-state index is 0.228. The molecule has 3 bridgehead atoms. The van der Waals surface area contributed by atoms with Crippen LogP contribution in [0.3, 0.4) is 0 Å². The molecule has 2 nitrogen and oxygen atoms in total. The normalized spacial score (nSPS) is 37.7. The van der Waals surface area contributed by atoms with Gasteiger partial charge in [-0.25, -0.2) is 0 Å². The smallest absolute Gasteiger partial charge is 0.399 e. The molecule has 3 heteroatoms. The van der Waals surface area contributed by atoms with E-state index < -0.39 is 0 Å². The Kier molecular flexibility index (Phi) is 3.51. The second kappa shape index (κ2) is 5.36. The summed E-state index contributed by atoms with van der Waals surface area (Å²) in [5.74, 6) is 3.55. The molecule has 0 aromatic heterocycles. The van der Waals surface area contributed by atoms with Crippen LogP contribution < -0.4 is 5.46 Å². The molecule has 0 N–H and O–H groups in total. The van der Waals surface area contributed by atoms with Gasteiger partial charge in [-0.1, -0.05) is 31.0 Å². The van der Waals surface area contributed by atoms with E-state index in [9.17, 15) is 0 Å². The first-order chi connectivity index (χ1) is 11.8. The van der Waals surface area contributed by atoms with Gasteiger partial charge >= 0.3 is 7.12 Å². The summed E-state index contributed by atoms with van der Waals surface area (Å²) in [4.78, 5) is 0. The van der Waals surface area contributed by atoms with Gasteiger partial charge in [-0.05, 0) is 93.6 Å². The number of rotatable bonds is 1. The largest absolute Gasteiger partial charge is 0.494 e. The molecule has 1 aliphatic heterocycles. The van der Waals surface area contributed by atoms with Crippen molar-refractivity contribution < 1.29 is 9.31 Å². The van der Waals surface area contributed by atoms with Crippen molar-refractivity contribution in [3.63, 3.8) is 0 Å². The molecular weight excluding hydrogens is 307 g/mol. The van der Waals surface area contributed by atoms with Crippen molar-refractivity contribution in [1.82, 2.24) is 0 Å². The van der Waals surface area contributed by atoms with E-state index in [1.807, 2.05) is 0 Å². The van der Waals surface area contributed by atoms with Crippen LogP contribution in [0.5, 0.6) is 0 Å². The van der Waals surface area contributed by atoms with E-state index in [2.05, 4.69) is 45.9 Å². The lowest BCUT2D eigenvalue weighted by Crippen LogP contribution is -2.41. The third-order valence-electron chi connectivity index (χ3n) is 8.07. The average Bonchev–Trinajstić information content (AvgIpc) is 2.91. The zero-order valence-corrected chi connectivity index (χ0v) is 16.2. The first-order valence-electron chi connectivity index (χ1n) is 10.3. The van der Waals surface area contributed by atoms with Gasteiger partial charge in [0.25, 0.3) is 0 Å². The first-order valence-corrected chi connectivity index (χ1v) is 10.3. The SMILES string of the molecule is CC1(C)OB(c2ccc3c(c2)C2CCCC4CC3CC4C2)OC1(C)C.